The van der Waals surface area contributed by atoms with E-state index in [1.165, 1.54) is 30.4 Å². The molecule has 0 radical (unpaired) electrons. The Bertz CT molecular complexity index is 1020. The van der Waals surface area contributed by atoms with Crippen molar-refractivity contribution < 1.29 is 38.4 Å². The zero-order valence-electron chi connectivity index (χ0n) is 19.4. The number of hydrogen-bond acceptors (Lipinski definition) is 4. The van der Waals surface area contributed by atoms with Crippen LogP contribution < -0.4 is 25.4 Å². The Balaban J connectivity index is 0.000000278. The van der Waals surface area contributed by atoms with Crippen LogP contribution in [-0.4, -0.2) is 13.0 Å². The van der Waals surface area contributed by atoms with Gasteiger partial charge in [-0.15, -0.1) is 0 Å². The fourth-order valence-electron chi connectivity index (χ4n) is 2.75. The summed E-state index contributed by atoms with van der Waals surface area (Å²) >= 11 is -0.0703. The smallest absolute Gasteiger partial charge is 0.357 e. The zero-order valence-corrected chi connectivity index (χ0v) is 22.4. The number of halogens is 1. The van der Waals surface area contributed by atoms with Crippen molar-refractivity contribution in [3.63, 3.8) is 0 Å². The minimum atomic E-state index is -4.63. The van der Waals surface area contributed by atoms with Crippen LogP contribution in [0.3, 0.4) is 0 Å². The van der Waals surface area contributed by atoms with Gasteiger partial charge in [0.25, 0.3) is 10.4 Å². The molecular weight excluding hydrogens is 535 g/mol. The predicted octanol–water partition coefficient (Wildman–Crippen LogP) is 2.94. The second-order valence-electron chi connectivity index (χ2n) is 9.41. The van der Waals surface area contributed by atoms with E-state index in [-0.39, 0.29) is 37.8 Å². The highest BCUT2D eigenvalue weighted by atomic mass is 127. The van der Waals surface area contributed by atoms with Crippen LogP contribution in [-0.2, 0) is 21.2 Å². The van der Waals surface area contributed by atoms with Crippen LogP contribution in [0.1, 0.15) is 52.7 Å². The first-order valence-electron chi connectivity index (χ1n) is 10.3. The van der Waals surface area contributed by atoms with Gasteiger partial charge >= 0.3 is 21.2 Å². The van der Waals surface area contributed by atoms with E-state index in [9.17, 15) is 13.0 Å². The van der Waals surface area contributed by atoms with Crippen molar-refractivity contribution in [2.24, 2.45) is 0 Å². The largest absolute Gasteiger partial charge is 0.716 e. The van der Waals surface area contributed by atoms with Gasteiger partial charge in [-0.3, -0.25) is 0 Å². The Hall–Kier alpha value is -1.90. The molecule has 172 valence electrons. The summed E-state index contributed by atoms with van der Waals surface area (Å²) in [6.45, 7) is 13.6. The lowest BCUT2D eigenvalue weighted by molar-refractivity contribution is -0.597. The SMILES string of the molecule is CC(C)(C)c1ccc([I+]c2ccc(C(C)(C)C)cc2)cc1.O=S(=O)([O-])Oc1ccccc1. The molecule has 0 fully saturated rings. The second-order valence-corrected chi connectivity index (χ2v) is 13.4. The van der Waals surface area contributed by atoms with Crippen LogP contribution in [0.15, 0.2) is 78.9 Å². The topological polar surface area (TPSA) is 66.4 Å². The van der Waals surface area contributed by atoms with Crippen LogP contribution >= 0.6 is 0 Å². The fraction of sp³-hybridized carbons (Fsp3) is 0.308. The van der Waals surface area contributed by atoms with Crippen molar-refractivity contribution in [2.45, 2.75) is 52.4 Å². The number of hydrogen-bond donors (Lipinski definition) is 0. The quantitative estimate of drug-likeness (QED) is 0.277. The molecule has 3 aromatic carbocycles. The van der Waals surface area contributed by atoms with Crippen LogP contribution in [0.2, 0.25) is 0 Å². The summed E-state index contributed by atoms with van der Waals surface area (Å²) < 4.78 is 37.1. The van der Waals surface area contributed by atoms with E-state index in [2.05, 4.69) is 94.3 Å². The molecule has 0 aromatic heterocycles. The summed E-state index contributed by atoms with van der Waals surface area (Å²) in [5.74, 6) is 0.0301. The summed E-state index contributed by atoms with van der Waals surface area (Å²) in [5.41, 5.74) is 3.31. The van der Waals surface area contributed by atoms with Crippen molar-refractivity contribution >= 4 is 10.4 Å². The van der Waals surface area contributed by atoms with E-state index in [4.69, 9.17) is 0 Å². The maximum absolute atomic E-state index is 10.0. The number of benzene rings is 3. The summed E-state index contributed by atoms with van der Waals surface area (Å²) in [6, 6.07) is 26.0. The highest BCUT2D eigenvalue weighted by Gasteiger charge is 2.20. The summed E-state index contributed by atoms with van der Waals surface area (Å²) in [6.07, 6.45) is 0. The molecule has 0 aliphatic rings. The van der Waals surface area contributed by atoms with Gasteiger partial charge in [0.05, 0.1) is 0 Å². The van der Waals surface area contributed by atoms with Crippen LogP contribution in [0.25, 0.3) is 0 Å². The minimum absolute atomic E-state index is 0.0301. The molecule has 0 bridgehead atoms. The molecule has 0 heterocycles. The van der Waals surface area contributed by atoms with Crippen LogP contribution in [0.5, 0.6) is 5.75 Å². The van der Waals surface area contributed by atoms with Crippen LogP contribution in [0, 0.1) is 7.14 Å². The standard InChI is InChI=1S/C20H26I.C6H6O4S/c1-19(2,3)15-7-11-17(12-8-15)21-18-13-9-16(10-14-18)20(4,5)6;7-11(8,9)10-6-4-2-1-3-5-6/h7-14H,1-6H3;1-5H,(H,7,8,9)/q+1;/p-1. The van der Waals surface area contributed by atoms with E-state index >= 15 is 0 Å². The molecule has 6 heteroatoms. The lowest BCUT2D eigenvalue weighted by Gasteiger charge is -2.18. The summed E-state index contributed by atoms with van der Waals surface area (Å²) in [7, 11) is -4.63. The lowest BCUT2D eigenvalue weighted by atomic mass is 9.87. The van der Waals surface area contributed by atoms with E-state index in [0.29, 0.717) is 0 Å². The predicted molar refractivity (Wildman–Crippen MR) is 124 cm³/mol. The molecule has 4 nitrogen and oxygen atoms in total. The summed E-state index contributed by atoms with van der Waals surface area (Å²) in [5, 5.41) is 0. The van der Waals surface area contributed by atoms with Gasteiger partial charge in [-0.05, 0) is 58.4 Å². The lowest BCUT2D eigenvalue weighted by Crippen LogP contribution is -3.61. The minimum Gasteiger partial charge on any atom is -0.716 e. The Morgan fingerprint density at radius 1 is 0.656 bits per heavy atom. The molecule has 0 aliphatic carbocycles. The van der Waals surface area contributed by atoms with E-state index in [0.717, 1.165) is 0 Å². The molecule has 0 aliphatic heterocycles. The Morgan fingerprint density at radius 3 is 1.34 bits per heavy atom. The average Bonchev–Trinajstić information content (AvgIpc) is 2.67. The van der Waals surface area contributed by atoms with Gasteiger partial charge < -0.3 is 8.74 Å². The third kappa shape index (κ3) is 9.30. The Morgan fingerprint density at radius 2 is 1.03 bits per heavy atom. The van der Waals surface area contributed by atoms with Gasteiger partial charge in [0, 0.05) is 0 Å². The van der Waals surface area contributed by atoms with Gasteiger partial charge in [0.15, 0.2) is 7.14 Å². The molecule has 0 saturated heterocycles. The fourth-order valence-corrected chi connectivity index (χ4v) is 5.25. The third-order valence-corrected chi connectivity index (χ3v) is 7.66. The van der Waals surface area contributed by atoms with Gasteiger partial charge in [-0.25, -0.2) is 8.42 Å². The van der Waals surface area contributed by atoms with Crippen LogP contribution in [0.4, 0.5) is 0 Å². The van der Waals surface area contributed by atoms with E-state index in [1.807, 2.05) is 0 Å². The Labute approximate surface area is 203 Å². The molecule has 0 N–H and O–H groups in total. The molecule has 3 aromatic rings. The second kappa shape index (κ2) is 10.8. The first kappa shape index (κ1) is 26.4. The molecule has 0 amide bonds. The first-order valence-corrected chi connectivity index (χ1v) is 13.8. The molecule has 0 saturated carbocycles. The van der Waals surface area contributed by atoms with Crippen molar-refractivity contribution in [2.75, 3.05) is 0 Å². The van der Waals surface area contributed by atoms with Crippen molar-refractivity contribution in [3.05, 3.63) is 97.1 Å². The van der Waals surface area contributed by atoms with Gasteiger partial charge in [0.2, 0.25) is 0 Å². The average molecular weight is 567 g/mol. The highest BCUT2D eigenvalue weighted by Crippen LogP contribution is 2.21. The van der Waals surface area contributed by atoms with Gasteiger partial charge in [0.1, 0.15) is 5.75 Å². The van der Waals surface area contributed by atoms with Gasteiger partial charge in [-0.1, -0.05) is 84.0 Å². The molecule has 32 heavy (non-hydrogen) atoms. The normalized spacial score (nSPS) is 12.0. The molecule has 3 rings (SSSR count). The van der Waals surface area contributed by atoms with Crippen molar-refractivity contribution in [1.29, 1.82) is 0 Å². The molecule has 0 atom stereocenters. The van der Waals surface area contributed by atoms with E-state index < -0.39 is 10.4 Å². The molecule has 0 unspecified atom stereocenters. The van der Waals surface area contributed by atoms with Gasteiger partial charge in [-0.2, -0.15) is 0 Å². The maximum atomic E-state index is 10.0. The third-order valence-electron chi connectivity index (χ3n) is 4.58. The van der Waals surface area contributed by atoms with Crippen molar-refractivity contribution in [3.8, 4) is 5.75 Å². The number of para-hydroxylation sites is 1. The monoisotopic (exact) mass is 566 g/mol. The zero-order chi connectivity index (χ0) is 24.0. The molecular formula is C26H31IO4S. The molecule has 0 spiro atoms. The number of rotatable bonds is 4. The van der Waals surface area contributed by atoms with E-state index in [1.54, 1.807) is 18.2 Å². The Kier molecular flexibility index (Phi) is 8.90. The van der Waals surface area contributed by atoms with Crippen molar-refractivity contribution in [1.82, 2.24) is 0 Å². The first-order chi connectivity index (χ1) is 14.7. The maximum Gasteiger partial charge on any atom is 0.357 e. The highest BCUT2D eigenvalue weighted by molar-refractivity contribution is 7.81. The summed E-state index contributed by atoms with van der Waals surface area (Å²) in [4.78, 5) is 0.